The highest BCUT2D eigenvalue weighted by atomic mass is 35.5. The highest BCUT2D eigenvalue weighted by Crippen LogP contribution is 2.30. The molecule has 1 aromatic heterocycles. The van der Waals surface area contributed by atoms with E-state index in [1.165, 1.54) is 6.42 Å². The predicted molar refractivity (Wildman–Crippen MR) is 103 cm³/mol. The van der Waals surface area contributed by atoms with Crippen LogP contribution in [-0.4, -0.2) is 52.9 Å². The van der Waals surface area contributed by atoms with Crippen LogP contribution in [0.5, 0.6) is 5.75 Å². The van der Waals surface area contributed by atoms with E-state index < -0.39 is 0 Å². The molecule has 0 radical (unpaired) electrons. The number of hydrogen-bond donors (Lipinski definition) is 0. The molecular formula is C20H23ClN4O2. The fourth-order valence-corrected chi connectivity index (χ4v) is 4.09. The maximum atomic E-state index is 13.0. The Kier molecular flexibility index (Phi) is 5.02. The van der Waals surface area contributed by atoms with Gasteiger partial charge in [0.15, 0.2) is 0 Å². The van der Waals surface area contributed by atoms with Gasteiger partial charge in [-0.3, -0.25) is 9.69 Å². The van der Waals surface area contributed by atoms with Crippen molar-refractivity contribution >= 4 is 17.5 Å². The molecule has 0 unspecified atom stereocenters. The Morgan fingerprint density at radius 3 is 2.93 bits per heavy atom. The van der Waals surface area contributed by atoms with Crippen LogP contribution < -0.4 is 4.74 Å². The van der Waals surface area contributed by atoms with E-state index in [9.17, 15) is 4.79 Å². The van der Waals surface area contributed by atoms with Gasteiger partial charge in [0.05, 0.1) is 24.4 Å². The molecule has 4 rings (SSSR count). The number of benzene rings is 1. The fraction of sp³-hybridized carbons (Fsp3) is 0.450. The first-order chi connectivity index (χ1) is 13.1. The third kappa shape index (κ3) is 3.51. The largest absolute Gasteiger partial charge is 0.496 e. The van der Waals surface area contributed by atoms with E-state index in [4.69, 9.17) is 21.3 Å². The van der Waals surface area contributed by atoms with Crippen molar-refractivity contribution in [3.05, 3.63) is 52.1 Å². The summed E-state index contributed by atoms with van der Waals surface area (Å²) in [6.45, 7) is 2.22. The van der Waals surface area contributed by atoms with Crippen molar-refractivity contribution < 1.29 is 9.53 Å². The van der Waals surface area contributed by atoms with E-state index in [0.717, 1.165) is 36.5 Å². The minimum absolute atomic E-state index is 0.0837. The number of rotatable bonds is 3. The number of carbonyl (C=O) groups is 1. The monoisotopic (exact) mass is 386 g/mol. The van der Waals surface area contributed by atoms with Crippen LogP contribution in [0.1, 0.15) is 46.3 Å². The number of halogens is 1. The topological polar surface area (TPSA) is 58.6 Å². The third-order valence-electron chi connectivity index (χ3n) is 5.45. The van der Waals surface area contributed by atoms with E-state index in [1.54, 1.807) is 30.2 Å². The second kappa shape index (κ2) is 7.44. The van der Waals surface area contributed by atoms with Gasteiger partial charge in [0.25, 0.3) is 5.91 Å². The number of fused-ring (bicyclic) bond motifs is 1. The Morgan fingerprint density at radius 1 is 1.33 bits per heavy atom. The summed E-state index contributed by atoms with van der Waals surface area (Å²) < 4.78 is 5.33. The van der Waals surface area contributed by atoms with Crippen LogP contribution in [0.4, 0.5) is 0 Å². The van der Waals surface area contributed by atoms with E-state index in [-0.39, 0.29) is 5.91 Å². The zero-order valence-corrected chi connectivity index (χ0v) is 16.4. The molecule has 1 atom stereocenters. The average molecular weight is 387 g/mol. The van der Waals surface area contributed by atoms with Crippen molar-refractivity contribution in [2.75, 3.05) is 27.2 Å². The number of likely N-dealkylation sites (tertiary alicyclic amines) is 1. The molecular weight excluding hydrogens is 364 g/mol. The number of ether oxygens (including phenoxy) is 1. The number of methoxy groups -OCH3 is 1. The van der Waals surface area contributed by atoms with Crippen molar-refractivity contribution in [2.24, 2.45) is 0 Å². The first-order valence-corrected chi connectivity index (χ1v) is 9.62. The summed E-state index contributed by atoms with van der Waals surface area (Å²) in [5.74, 6) is 1.36. The summed E-state index contributed by atoms with van der Waals surface area (Å²) in [4.78, 5) is 26.5. The molecule has 2 aliphatic rings. The van der Waals surface area contributed by atoms with Crippen LogP contribution in [0.3, 0.4) is 0 Å². The van der Waals surface area contributed by atoms with Crippen LogP contribution in [-0.2, 0) is 13.0 Å². The van der Waals surface area contributed by atoms with Gasteiger partial charge in [0.1, 0.15) is 11.6 Å². The second-order valence-electron chi connectivity index (χ2n) is 7.16. The Labute approximate surface area is 164 Å². The summed E-state index contributed by atoms with van der Waals surface area (Å²) in [5.41, 5.74) is 2.56. The molecule has 0 N–H and O–H groups in total. The highest BCUT2D eigenvalue weighted by molar-refractivity contribution is 6.31. The number of carbonyl (C=O) groups excluding carboxylic acids is 1. The molecule has 7 heteroatoms. The SMILES string of the molecule is COc1ccc(Cl)cc1C(=O)N1CCc2nc([C@@H]3CCCN3C)ncc2C1. The summed E-state index contributed by atoms with van der Waals surface area (Å²) in [5, 5.41) is 0.519. The zero-order valence-electron chi connectivity index (χ0n) is 15.6. The summed E-state index contributed by atoms with van der Waals surface area (Å²) in [7, 11) is 3.68. The minimum atomic E-state index is -0.0837. The van der Waals surface area contributed by atoms with E-state index in [0.29, 0.717) is 35.5 Å². The van der Waals surface area contributed by atoms with Gasteiger partial charge in [-0.15, -0.1) is 0 Å². The van der Waals surface area contributed by atoms with Gasteiger partial charge in [-0.05, 0) is 44.6 Å². The maximum absolute atomic E-state index is 13.0. The van der Waals surface area contributed by atoms with Crippen LogP contribution in [0.25, 0.3) is 0 Å². The first-order valence-electron chi connectivity index (χ1n) is 9.24. The summed E-state index contributed by atoms with van der Waals surface area (Å²) >= 11 is 6.08. The number of aromatic nitrogens is 2. The van der Waals surface area contributed by atoms with Crippen LogP contribution >= 0.6 is 11.6 Å². The Bertz CT molecular complexity index is 873. The van der Waals surface area contributed by atoms with Crippen LogP contribution in [0.2, 0.25) is 5.02 Å². The maximum Gasteiger partial charge on any atom is 0.257 e. The summed E-state index contributed by atoms with van der Waals surface area (Å²) in [6, 6.07) is 5.41. The minimum Gasteiger partial charge on any atom is -0.496 e. The van der Waals surface area contributed by atoms with Crippen molar-refractivity contribution in [1.82, 2.24) is 19.8 Å². The molecule has 6 nitrogen and oxygen atoms in total. The lowest BCUT2D eigenvalue weighted by Crippen LogP contribution is -2.37. The Balaban J connectivity index is 1.55. The number of hydrogen-bond acceptors (Lipinski definition) is 5. The zero-order chi connectivity index (χ0) is 19.0. The normalized spacial score (nSPS) is 19.8. The first kappa shape index (κ1) is 18.2. The molecule has 1 saturated heterocycles. The van der Waals surface area contributed by atoms with E-state index in [1.807, 2.05) is 6.20 Å². The van der Waals surface area contributed by atoms with Gasteiger partial charge < -0.3 is 9.64 Å². The fourth-order valence-electron chi connectivity index (χ4n) is 3.92. The number of amides is 1. The number of nitrogens with zero attached hydrogens (tertiary/aromatic N) is 4. The lowest BCUT2D eigenvalue weighted by Gasteiger charge is -2.29. The second-order valence-corrected chi connectivity index (χ2v) is 7.60. The van der Waals surface area contributed by atoms with Gasteiger partial charge >= 0.3 is 0 Å². The Hall–Kier alpha value is -2.18. The van der Waals surface area contributed by atoms with Crippen molar-refractivity contribution in [3.8, 4) is 5.75 Å². The van der Waals surface area contributed by atoms with Crippen molar-refractivity contribution in [3.63, 3.8) is 0 Å². The quantitative estimate of drug-likeness (QED) is 0.811. The standard InChI is InChI=1S/C20H23ClN4O2/c1-24-8-3-4-17(24)19-22-11-13-12-25(9-7-16(13)23-19)20(26)15-10-14(21)5-6-18(15)27-2/h5-6,10-11,17H,3-4,7-9,12H2,1-2H3/t17-/m0/s1. The molecule has 3 heterocycles. The molecule has 0 spiro atoms. The van der Waals surface area contributed by atoms with Gasteiger partial charge in [-0.1, -0.05) is 11.6 Å². The van der Waals surface area contributed by atoms with E-state index >= 15 is 0 Å². The Morgan fingerprint density at radius 2 is 2.19 bits per heavy atom. The van der Waals surface area contributed by atoms with E-state index in [2.05, 4.69) is 16.9 Å². The van der Waals surface area contributed by atoms with Gasteiger partial charge in [-0.2, -0.15) is 0 Å². The lowest BCUT2D eigenvalue weighted by atomic mass is 10.0. The molecule has 1 aromatic carbocycles. The molecule has 27 heavy (non-hydrogen) atoms. The van der Waals surface area contributed by atoms with Crippen LogP contribution in [0.15, 0.2) is 24.4 Å². The smallest absolute Gasteiger partial charge is 0.257 e. The molecule has 142 valence electrons. The van der Waals surface area contributed by atoms with Gasteiger partial charge in [0.2, 0.25) is 0 Å². The highest BCUT2D eigenvalue weighted by Gasteiger charge is 2.29. The molecule has 0 bridgehead atoms. The lowest BCUT2D eigenvalue weighted by molar-refractivity contribution is 0.0729. The van der Waals surface area contributed by atoms with Crippen molar-refractivity contribution in [2.45, 2.75) is 31.8 Å². The summed E-state index contributed by atoms with van der Waals surface area (Å²) in [6.07, 6.45) is 4.91. The molecule has 0 saturated carbocycles. The third-order valence-corrected chi connectivity index (χ3v) is 5.69. The molecule has 1 amide bonds. The van der Waals surface area contributed by atoms with Crippen molar-refractivity contribution in [1.29, 1.82) is 0 Å². The van der Waals surface area contributed by atoms with Gasteiger partial charge in [-0.25, -0.2) is 9.97 Å². The molecule has 1 fully saturated rings. The average Bonchev–Trinajstić information content (AvgIpc) is 3.12. The molecule has 2 aromatic rings. The molecule has 0 aliphatic carbocycles. The van der Waals surface area contributed by atoms with Crippen LogP contribution in [0, 0.1) is 0 Å². The van der Waals surface area contributed by atoms with Gasteiger partial charge in [0, 0.05) is 36.3 Å². The predicted octanol–water partition coefficient (Wildman–Crippen LogP) is 3.10. The molecule has 2 aliphatic heterocycles.